The Morgan fingerprint density at radius 1 is 1.39 bits per heavy atom. The highest BCUT2D eigenvalue weighted by atomic mass is 15.0. The molecule has 2 aromatic heterocycles. The number of fused-ring (bicyclic) bond motifs is 1. The van der Waals surface area contributed by atoms with Gasteiger partial charge in [-0.25, -0.2) is 4.98 Å². The van der Waals surface area contributed by atoms with E-state index in [-0.39, 0.29) is 0 Å². The maximum absolute atomic E-state index is 9.13. The fraction of sp³-hybridized carbons (Fsp3) is 0.143. The van der Waals surface area contributed by atoms with Crippen LogP contribution in [0.4, 0.5) is 5.82 Å². The van der Waals surface area contributed by atoms with Crippen LogP contribution in [0.2, 0.25) is 0 Å². The van der Waals surface area contributed by atoms with Gasteiger partial charge in [-0.05, 0) is 18.9 Å². The molecule has 1 aliphatic carbocycles. The van der Waals surface area contributed by atoms with Crippen LogP contribution in [0.3, 0.4) is 0 Å². The number of anilines is 1. The average molecular weight is 236 g/mol. The lowest BCUT2D eigenvalue weighted by Gasteiger charge is -2.09. The molecular weight excluding hydrogens is 224 g/mol. The van der Waals surface area contributed by atoms with E-state index in [1.807, 2.05) is 12.4 Å². The minimum Gasteiger partial charge on any atom is -0.383 e. The zero-order chi connectivity index (χ0) is 12.5. The third-order valence-corrected chi connectivity index (χ3v) is 3.16. The van der Waals surface area contributed by atoms with Crippen LogP contribution in [-0.4, -0.2) is 9.55 Å². The molecule has 1 aliphatic rings. The second-order valence-corrected chi connectivity index (χ2v) is 4.29. The first-order valence-electron chi connectivity index (χ1n) is 5.82. The van der Waals surface area contributed by atoms with Crippen LogP contribution in [0.15, 0.2) is 36.8 Å². The highest BCUT2D eigenvalue weighted by molar-refractivity contribution is 5.91. The lowest BCUT2D eigenvalue weighted by Crippen LogP contribution is -1.95. The number of nitrogens with two attached hydrogens (primary N) is 1. The molecule has 0 bridgehead atoms. The van der Waals surface area contributed by atoms with Gasteiger partial charge in [0.2, 0.25) is 0 Å². The third-order valence-electron chi connectivity index (χ3n) is 3.16. The van der Waals surface area contributed by atoms with E-state index in [1.54, 1.807) is 6.20 Å². The summed E-state index contributed by atoms with van der Waals surface area (Å²) in [5.74, 6) is 0.292. The van der Waals surface area contributed by atoms with E-state index >= 15 is 0 Å². The van der Waals surface area contributed by atoms with Gasteiger partial charge in [0.25, 0.3) is 0 Å². The first-order chi connectivity index (χ1) is 8.79. The Kier molecular flexibility index (Phi) is 2.38. The first-order valence-corrected chi connectivity index (χ1v) is 5.82. The molecule has 0 aromatic carbocycles. The number of hydrogen-bond acceptors (Lipinski definition) is 3. The lowest BCUT2D eigenvalue weighted by atomic mass is 10.1. The highest BCUT2D eigenvalue weighted by Gasteiger charge is 2.10. The van der Waals surface area contributed by atoms with Gasteiger partial charge in [-0.2, -0.15) is 5.26 Å². The van der Waals surface area contributed by atoms with Crippen LogP contribution in [0.25, 0.3) is 16.5 Å². The van der Waals surface area contributed by atoms with Crippen LogP contribution in [0.5, 0.6) is 0 Å². The topological polar surface area (TPSA) is 67.6 Å². The fourth-order valence-corrected chi connectivity index (χ4v) is 2.21. The molecule has 2 N–H and O–H groups in total. The van der Waals surface area contributed by atoms with Gasteiger partial charge in [0.1, 0.15) is 17.5 Å². The van der Waals surface area contributed by atoms with Crippen LogP contribution in [0.1, 0.15) is 18.4 Å². The third kappa shape index (κ3) is 1.57. The van der Waals surface area contributed by atoms with E-state index in [2.05, 4.69) is 33.8 Å². The van der Waals surface area contributed by atoms with E-state index < -0.39 is 0 Å². The van der Waals surface area contributed by atoms with Gasteiger partial charge in [0.05, 0.1) is 0 Å². The Labute approximate surface area is 105 Å². The Balaban J connectivity index is 2.20. The van der Waals surface area contributed by atoms with Crippen molar-refractivity contribution in [3.05, 3.63) is 42.4 Å². The summed E-state index contributed by atoms with van der Waals surface area (Å²) in [7, 11) is 0. The number of nitrogen functional groups attached to an aromatic ring is 1. The van der Waals surface area contributed by atoms with Crippen molar-refractivity contribution in [2.75, 3.05) is 5.73 Å². The Morgan fingerprint density at radius 3 is 3.00 bits per heavy atom. The molecule has 4 heteroatoms. The van der Waals surface area contributed by atoms with Gasteiger partial charge >= 0.3 is 0 Å². The molecular formula is C14H12N4. The lowest BCUT2D eigenvalue weighted by molar-refractivity contribution is 0.949. The second-order valence-electron chi connectivity index (χ2n) is 4.29. The zero-order valence-electron chi connectivity index (χ0n) is 9.80. The van der Waals surface area contributed by atoms with Gasteiger partial charge in [-0.1, -0.05) is 12.2 Å². The number of nitriles is 1. The number of pyridine rings is 1. The number of nitrogens with zero attached hydrogens (tertiary/aromatic N) is 3. The van der Waals surface area contributed by atoms with Crippen molar-refractivity contribution in [1.29, 1.82) is 5.26 Å². The molecule has 0 spiro atoms. The summed E-state index contributed by atoms with van der Waals surface area (Å²) in [6.07, 6.45) is 14.0. The normalized spacial score (nSPS) is 14.5. The van der Waals surface area contributed by atoms with Crippen molar-refractivity contribution in [3.63, 3.8) is 0 Å². The second kappa shape index (κ2) is 4.04. The predicted octanol–water partition coefficient (Wildman–Crippen LogP) is 2.68. The van der Waals surface area contributed by atoms with Crippen LogP contribution < -0.4 is 5.73 Å². The fourth-order valence-electron chi connectivity index (χ4n) is 2.21. The summed E-state index contributed by atoms with van der Waals surface area (Å²) < 4.78 is 2.05. The Hall–Kier alpha value is -2.54. The molecule has 0 saturated carbocycles. The molecule has 0 atom stereocenters. The summed E-state index contributed by atoms with van der Waals surface area (Å²) in [6, 6.07) is 2.12. The Morgan fingerprint density at radius 2 is 2.28 bits per heavy atom. The van der Waals surface area contributed by atoms with Crippen LogP contribution in [-0.2, 0) is 0 Å². The number of rotatable bonds is 1. The van der Waals surface area contributed by atoms with E-state index in [9.17, 15) is 0 Å². The van der Waals surface area contributed by atoms with Gasteiger partial charge in [-0.3, -0.25) is 0 Å². The van der Waals surface area contributed by atoms with E-state index in [4.69, 9.17) is 11.0 Å². The van der Waals surface area contributed by atoms with Crippen molar-refractivity contribution in [2.45, 2.75) is 12.8 Å². The van der Waals surface area contributed by atoms with Crippen molar-refractivity contribution >= 4 is 22.3 Å². The maximum Gasteiger partial charge on any atom is 0.142 e. The highest BCUT2D eigenvalue weighted by Crippen LogP contribution is 2.26. The molecule has 2 aromatic rings. The Bertz CT molecular complexity index is 713. The molecule has 0 radical (unpaired) electrons. The van der Waals surface area contributed by atoms with E-state index in [0.29, 0.717) is 11.4 Å². The number of aromatic nitrogens is 2. The van der Waals surface area contributed by atoms with Crippen molar-refractivity contribution in [3.8, 4) is 6.07 Å². The quantitative estimate of drug-likeness (QED) is 0.827. The monoisotopic (exact) mass is 236 g/mol. The molecule has 18 heavy (non-hydrogen) atoms. The standard InChI is InChI=1S/C14H12N4/c15-6-12-13-9-18(11-4-2-1-3-5-11)8-10(13)7-17-14(12)16/h1-2,4,7-9H,3,5,16H2. The molecule has 0 aliphatic heterocycles. The molecule has 0 amide bonds. The van der Waals surface area contributed by atoms with Crippen molar-refractivity contribution in [2.24, 2.45) is 0 Å². The van der Waals surface area contributed by atoms with Crippen LogP contribution in [0, 0.1) is 11.3 Å². The molecule has 0 unspecified atom stereocenters. The minimum absolute atomic E-state index is 0.292. The van der Waals surface area contributed by atoms with Crippen molar-refractivity contribution in [1.82, 2.24) is 9.55 Å². The SMILES string of the molecule is N#Cc1c(N)ncc2cn(C3=CC=CCC3)cc12. The maximum atomic E-state index is 9.13. The van der Waals surface area contributed by atoms with Crippen molar-refractivity contribution < 1.29 is 0 Å². The van der Waals surface area contributed by atoms with E-state index in [0.717, 1.165) is 23.6 Å². The molecule has 2 heterocycles. The summed E-state index contributed by atoms with van der Waals surface area (Å²) in [4.78, 5) is 4.05. The van der Waals surface area contributed by atoms with Gasteiger partial charge < -0.3 is 10.3 Å². The summed E-state index contributed by atoms with van der Waals surface area (Å²) in [5, 5.41) is 10.9. The zero-order valence-corrected chi connectivity index (χ0v) is 9.80. The predicted molar refractivity (Wildman–Crippen MR) is 71.5 cm³/mol. The largest absolute Gasteiger partial charge is 0.383 e. The van der Waals surface area contributed by atoms with Gasteiger partial charge in [-0.15, -0.1) is 0 Å². The van der Waals surface area contributed by atoms with Gasteiger partial charge in [0.15, 0.2) is 0 Å². The first kappa shape index (κ1) is 10.6. The smallest absolute Gasteiger partial charge is 0.142 e. The minimum atomic E-state index is 0.292. The summed E-state index contributed by atoms with van der Waals surface area (Å²) in [5.41, 5.74) is 7.39. The van der Waals surface area contributed by atoms with E-state index in [1.165, 1.54) is 5.70 Å². The average Bonchev–Trinajstić information content (AvgIpc) is 2.84. The molecule has 88 valence electrons. The molecule has 3 rings (SSSR count). The summed E-state index contributed by atoms with van der Waals surface area (Å²) in [6.45, 7) is 0. The summed E-state index contributed by atoms with van der Waals surface area (Å²) >= 11 is 0. The number of allylic oxidation sites excluding steroid dienone is 4. The number of hydrogen-bond donors (Lipinski definition) is 1. The molecule has 0 fully saturated rings. The van der Waals surface area contributed by atoms with Gasteiger partial charge in [0, 0.05) is 35.1 Å². The molecule has 0 saturated heterocycles. The van der Waals surface area contributed by atoms with Crippen LogP contribution >= 0.6 is 0 Å². The molecule has 4 nitrogen and oxygen atoms in total.